The molecular weight excluding hydrogens is 444 g/mol. The van der Waals surface area contributed by atoms with Gasteiger partial charge in [-0.2, -0.15) is 0 Å². The lowest BCUT2D eigenvalue weighted by Gasteiger charge is -2.35. The van der Waals surface area contributed by atoms with Gasteiger partial charge in [-0.05, 0) is 29.3 Å². The van der Waals surface area contributed by atoms with E-state index in [-0.39, 0.29) is 5.91 Å². The molecule has 0 fully saturated rings. The third kappa shape index (κ3) is 4.16. The summed E-state index contributed by atoms with van der Waals surface area (Å²) in [6.07, 6.45) is 4.18. The molecule has 5 rings (SSSR count). The summed E-state index contributed by atoms with van der Waals surface area (Å²) in [5.74, 6) is 1.48. The molecule has 2 aliphatic heterocycles. The lowest BCUT2D eigenvalue weighted by atomic mass is 9.99. The fraction of sp³-hybridized carbons (Fsp3) is 0.296. The van der Waals surface area contributed by atoms with Crippen LogP contribution in [0.2, 0.25) is 0 Å². The number of thioether (sulfide) groups is 1. The number of ether oxygens (including phenoxy) is 1. The van der Waals surface area contributed by atoms with Crippen molar-refractivity contribution in [1.82, 2.24) is 10.3 Å². The van der Waals surface area contributed by atoms with E-state index in [9.17, 15) is 4.79 Å². The van der Waals surface area contributed by atoms with Crippen molar-refractivity contribution < 1.29 is 9.53 Å². The van der Waals surface area contributed by atoms with Crippen LogP contribution in [0.25, 0.3) is 16.5 Å². The number of fused-ring (bicyclic) bond motifs is 3. The predicted molar refractivity (Wildman–Crippen MR) is 138 cm³/mol. The molecule has 6 nitrogen and oxygen atoms in total. The Morgan fingerprint density at radius 1 is 1.03 bits per heavy atom. The maximum absolute atomic E-state index is 13.4. The van der Waals surface area contributed by atoms with Gasteiger partial charge in [-0.15, -0.1) is 5.10 Å². The van der Waals surface area contributed by atoms with E-state index in [2.05, 4.69) is 24.4 Å². The normalized spacial score (nSPS) is 16.9. The van der Waals surface area contributed by atoms with E-state index < -0.39 is 6.17 Å². The maximum atomic E-state index is 13.4. The smallest absolute Gasteiger partial charge is 0.276 e. The van der Waals surface area contributed by atoms with Crippen molar-refractivity contribution in [3.63, 3.8) is 0 Å². The van der Waals surface area contributed by atoms with E-state index in [4.69, 9.17) is 14.8 Å². The number of nitrogens with one attached hydrogen (secondary N) is 1. The zero-order valence-electron chi connectivity index (χ0n) is 19.5. The number of hydrogen-bond acceptors (Lipinski definition) is 6. The van der Waals surface area contributed by atoms with Gasteiger partial charge in [-0.25, -0.2) is 5.01 Å². The topological polar surface area (TPSA) is 66.3 Å². The van der Waals surface area contributed by atoms with Gasteiger partial charge in [0.2, 0.25) is 0 Å². The molecule has 0 saturated heterocycles. The second kappa shape index (κ2) is 9.89. The predicted octanol–water partition coefficient (Wildman–Crippen LogP) is 4.30. The first-order valence-electron chi connectivity index (χ1n) is 11.8. The van der Waals surface area contributed by atoms with Crippen molar-refractivity contribution >= 4 is 39.3 Å². The van der Waals surface area contributed by atoms with Crippen molar-refractivity contribution in [3.05, 3.63) is 76.8 Å². The van der Waals surface area contributed by atoms with Crippen molar-refractivity contribution in [2.45, 2.75) is 38.8 Å². The molecule has 0 aromatic heterocycles. The number of rotatable bonds is 7. The zero-order chi connectivity index (χ0) is 23.5. The number of nitrogens with zero attached hydrogens (tertiary/aromatic N) is 3. The van der Waals surface area contributed by atoms with Gasteiger partial charge in [-0.1, -0.05) is 86.5 Å². The van der Waals surface area contributed by atoms with Crippen LogP contribution in [-0.4, -0.2) is 28.9 Å². The SMILES string of the molecule is CCCCCCSC1=NN2C(=c3ccccc3=N[C@@H]2c2c(OC)ccc3ccccc23)C(=O)N1. The highest BCUT2D eigenvalue weighted by Gasteiger charge is 2.36. The molecule has 2 heterocycles. The number of methoxy groups -OCH3 is 1. The second-order valence-electron chi connectivity index (χ2n) is 8.38. The first kappa shape index (κ1) is 22.5. The Balaban J connectivity index is 1.64. The molecule has 0 radical (unpaired) electrons. The highest BCUT2D eigenvalue weighted by atomic mass is 32.2. The van der Waals surface area contributed by atoms with Crippen molar-refractivity contribution in [2.24, 2.45) is 10.1 Å². The van der Waals surface area contributed by atoms with E-state index in [1.54, 1.807) is 23.9 Å². The number of amidine groups is 1. The Morgan fingerprint density at radius 2 is 1.85 bits per heavy atom. The number of para-hydroxylation sites is 1. The monoisotopic (exact) mass is 472 g/mol. The molecule has 0 unspecified atom stereocenters. The molecule has 0 aliphatic carbocycles. The molecule has 34 heavy (non-hydrogen) atoms. The molecule has 2 aliphatic rings. The number of unbranched alkanes of at least 4 members (excludes halogenated alkanes) is 3. The van der Waals surface area contributed by atoms with Gasteiger partial charge < -0.3 is 4.74 Å². The Kier molecular flexibility index (Phi) is 6.54. The van der Waals surface area contributed by atoms with Gasteiger partial charge in [-0.3, -0.25) is 15.1 Å². The van der Waals surface area contributed by atoms with E-state index in [1.807, 2.05) is 48.5 Å². The average molecular weight is 473 g/mol. The summed E-state index contributed by atoms with van der Waals surface area (Å²) in [5, 5.41) is 14.0. The number of hydrogen-bond donors (Lipinski definition) is 1. The summed E-state index contributed by atoms with van der Waals surface area (Å²) in [6.45, 7) is 2.20. The summed E-state index contributed by atoms with van der Waals surface area (Å²) < 4.78 is 5.78. The van der Waals surface area contributed by atoms with Gasteiger partial charge >= 0.3 is 0 Å². The Labute approximate surface area is 203 Å². The summed E-state index contributed by atoms with van der Waals surface area (Å²) in [5.41, 5.74) is 1.42. The minimum Gasteiger partial charge on any atom is -0.496 e. The summed E-state index contributed by atoms with van der Waals surface area (Å²) in [4.78, 5) is 18.5. The molecule has 3 aromatic rings. The average Bonchev–Trinajstić information content (AvgIpc) is 2.87. The van der Waals surface area contributed by atoms with Crippen LogP contribution < -0.4 is 20.6 Å². The molecule has 0 bridgehead atoms. The van der Waals surface area contributed by atoms with Crippen LogP contribution in [0.1, 0.15) is 44.3 Å². The van der Waals surface area contributed by atoms with E-state index in [0.717, 1.165) is 44.8 Å². The summed E-state index contributed by atoms with van der Waals surface area (Å²) in [7, 11) is 1.67. The van der Waals surface area contributed by atoms with Crippen molar-refractivity contribution in [1.29, 1.82) is 0 Å². The van der Waals surface area contributed by atoms with Gasteiger partial charge in [0.25, 0.3) is 5.91 Å². The van der Waals surface area contributed by atoms with E-state index in [1.165, 1.54) is 19.3 Å². The third-order valence-electron chi connectivity index (χ3n) is 6.16. The van der Waals surface area contributed by atoms with Crippen LogP contribution in [0, 0.1) is 0 Å². The summed E-state index contributed by atoms with van der Waals surface area (Å²) >= 11 is 1.59. The fourth-order valence-corrected chi connectivity index (χ4v) is 5.35. The first-order valence-corrected chi connectivity index (χ1v) is 12.7. The molecular formula is C27H28N4O2S. The maximum Gasteiger partial charge on any atom is 0.276 e. The number of benzene rings is 3. The van der Waals surface area contributed by atoms with Crippen LogP contribution in [0.5, 0.6) is 5.75 Å². The van der Waals surface area contributed by atoms with Gasteiger partial charge in [0.15, 0.2) is 11.3 Å². The lowest BCUT2D eigenvalue weighted by molar-refractivity contribution is -0.116. The second-order valence-corrected chi connectivity index (χ2v) is 9.47. The molecule has 174 valence electrons. The number of hydrazone groups is 1. The zero-order valence-corrected chi connectivity index (χ0v) is 20.3. The van der Waals surface area contributed by atoms with Crippen LogP contribution in [0.15, 0.2) is 70.8 Å². The van der Waals surface area contributed by atoms with E-state index >= 15 is 0 Å². The van der Waals surface area contributed by atoms with Crippen LogP contribution in [0.3, 0.4) is 0 Å². The minimum absolute atomic E-state index is 0.155. The Bertz CT molecular complexity index is 1380. The first-order chi connectivity index (χ1) is 16.7. The molecule has 0 spiro atoms. The number of amides is 1. The van der Waals surface area contributed by atoms with Gasteiger partial charge in [0, 0.05) is 16.5 Å². The fourth-order valence-electron chi connectivity index (χ4n) is 4.50. The minimum atomic E-state index is -0.521. The Morgan fingerprint density at radius 3 is 2.71 bits per heavy atom. The highest BCUT2D eigenvalue weighted by molar-refractivity contribution is 8.13. The molecule has 1 amide bonds. The van der Waals surface area contributed by atoms with Crippen molar-refractivity contribution in [2.75, 3.05) is 12.9 Å². The summed E-state index contributed by atoms with van der Waals surface area (Å²) in [6, 6.07) is 19.9. The molecule has 1 N–H and O–H groups in total. The van der Waals surface area contributed by atoms with Gasteiger partial charge in [0.1, 0.15) is 11.4 Å². The molecule has 7 heteroatoms. The standard InChI is InChI=1S/C27H28N4O2S/c1-3-4-5-10-17-34-27-29-26(32)24-20-13-8-9-14-21(20)28-25(31(24)30-27)23-19-12-7-6-11-18(19)15-16-22(23)33-2/h6-9,11-16,25H,3-5,10,17H2,1-2H3,(H,29,30,32)/t25-/m0/s1. The molecule has 0 saturated carbocycles. The Hall–Kier alpha value is -3.32. The lowest BCUT2D eigenvalue weighted by Crippen LogP contribution is -2.50. The third-order valence-corrected chi connectivity index (χ3v) is 7.11. The van der Waals surface area contributed by atoms with Crippen molar-refractivity contribution in [3.8, 4) is 5.75 Å². The molecule has 1 atom stereocenters. The number of carbonyl (C=O) groups is 1. The van der Waals surface area contributed by atoms with Crippen LogP contribution in [0.4, 0.5) is 0 Å². The van der Waals surface area contributed by atoms with Crippen LogP contribution >= 0.6 is 11.8 Å². The highest BCUT2D eigenvalue weighted by Crippen LogP contribution is 2.40. The quantitative estimate of drug-likeness (QED) is 0.521. The largest absolute Gasteiger partial charge is 0.496 e. The van der Waals surface area contributed by atoms with E-state index in [0.29, 0.717) is 10.9 Å². The molecule has 3 aromatic carbocycles. The number of carbonyl (C=O) groups excluding carboxylic acids is 1. The van der Waals surface area contributed by atoms with Crippen LogP contribution in [-0.2, 0) is 4.79 Å². The van der Waals surface area contributed by atoms with Gasteiger partial charge in [0.05, 0.1) is 12.5 Å².